The molecule has 0 aliphatic heterocycles. The van der Waals surface area contributed by atoms with E-state index in [9.17, 15) is 4.79 Å². The van der Waals surface area contributed by atoms with Crippen molar-refractivity contribution in [3.05, 3.63) is 38.4 Å². The average molecular weight is 360 g/mol. The van der Waals surface area contributed by atoms with Gasteiger partial charge in [0.25, 0.3) is 5.91 Å². The number of rotatable bonds is 5. The second-order valence-corrected chi connectivity index (χ2v) is 7.71. The van der Waals surface area contributed by atoms with Crippen molar-refractivity contribution in [2.75, 3.05) is 6.54 Å². The van der Waals surface area contributed by atoms with Gasteiger partial charge >= 0.3 is 0 Å². The third-order valence-corrected chi connectivity index (χ3v) is 6.29. The number of thiazole rings is 1. The number of thiophene rings is 1. The number of amides is 1. The van der Waals surface area contributed by atoms with Crippen molar-refractivity contribution in [2.24, 2.45) is 0 Å². The molecule has 1 N–H and O–H groups in total. The highest BCUT2D eigenvalue weighted by Gasteiger charge is 2.27. The predicted molar refractivity (Wildman–Crippen MR) is 91.9 cm³/mol. The molecule has 0 saturated carbocycles. The maximum absolute atomic E-state index is 12.8. The highest BCUT2D eigenvalue weighted by molar-refractivity contribution is 7.15. The Morgan fingerprint density at radius 3 is 3.08 bits per heavy atom. The Labute approximate surface area is 146 Å². The summed E-state index contributed by atoms with van der Waals surface area (Å²) in [5.41, 5.74) is 2.92. The first-order valence-electron chi connectivity index (χ1n) is 7.79. The molecule has 3 aromatic heterocycles. The number of carbonyl (C=O) groups is 1. The van der Waals surface area contributed by atoms with Gasteiger partial charge in [-0.1, -0.05) is 0 Å². The number of nitrogens with one attached hydrogen (secondary N) is 1. The lowest BCUT2D eigenvalue weighted by Crippen LogP contribution is -2.27. The zero-order valence-electron chi connectivity index (χ0n) is 13.2. The largest absolute Gasteiger partial charge is 0.352 e. The van der Waals surface area contributed by atoms with Gasteiger partial charge < -0.3 is 5.32 Å². The first kappa shape index (κ1) is 15.4. The zero-order chi connectivity index (χ0) is 16.5. The van der Waals surface area contributed by atoms with Crippen LogP contribution in [0.25, 0.3) is 5.00 Å². The number of aryl methyl sites for hydroxylation is 2. The van der Waals surface area contributed by atoms with Gasteiger partial charge in [-0.25, -0.2) is 4.98 Å². The summed E-state index contributed by atoms with van der Waals surface area (Å²) >= 11 is 3.25. The summed E-state index contributed by atoms with van der Waals surface area (Å²) in [7, 11) is 0. The molecule has 24 heavy (non-hydrogen) atoms. The lowest BCUT2D eigenvalue weighted by atomic mass is 10.1. The molecule has 9 heteroatoms. The maximum atomic E-state index is 12.8. The summed E-state index contributed by atoms with van der Waals surface area (Å²) in [6.45, 7) is 2.55. The molecular weight excluding hydrogens is 344 g/mol. The van der Waals surface area contributed by atoms with Crippen LogP contribution in [0, 0.1) is 6.92 Å². The molecular formula is C15H16N6OS2. The van der Waals surface area contributed by atoms with E-state index < -0.39 is 0 Å². The molecule has 0 saturated heterocycles. The van der Waals surface area contributed by atoms with Crippen molar-refractivity contribution in [1.82, 2.24) is 30.5 Å². The first-order valence-corrected chi connectivity index (χ1v) is 9.49. The molecule has 0 radical (unpaired) electrons. The molecule has 124 valence electrons. The molecule has 0 bridgehead atoms. The van der Waals surface area contributed by atoms with Crippen LogP contribution in [0.15, 0.2) is 11.7 Å². The average Bonchev–Trinajstić information content (AvgIpc) is 3.31. The van der Waals surface area contributed by atoms with Crippen molar-refractivity contribution in [3.8, 4) is 5.00 Å². The van der Waals surface area contributed by atoms with Gasteiger partial charge in [-0.05, 0) is 42.2 Å². The number of aromatic nitrogens is 5. The summed E-state index contributed by atoms with van der Waals surface area (Å²) < 4.78 is 1.59. The van der Waals surface area contributed by atoms with Crippen LogP contribution in [-0.4, -0.2) is 37.6 Å². The van der Waals surface area contributed by atoms with Crippen molar-refractivity contribution in [2.45, 2.75) is 32.6 Å². The molecule has 1 amide bonds. The second-order valence-electron chi connectivity index (χ2n) is 5.68. The highest BCUT2D eigenvalue weighted by atomic mass is 32.1. The van der Waals surface area contributed by atoms with Gasteiger partial charge in [-0.2, -0.15) is 4.68 Å². The van der Waals surface area contributed by atoms with E-state index in [1.165, 1.54) is 11.2 Å². The normalized spacial score (nSPS) is 13.2. The van der Waals surface area contributed by atoms with Crippen molar-refractivity contribution in [3.63, 3.8) is 0 Å². The first-order chi connectivity index (χ1) is 11.7. The van der Waals surface area contributed by atoms with E-state index in [-0.39, 0.29) is 5.91 Å². The summed E-state index contributed by atoms with van der Waals surface area (Å²) in [5.74, 6) is -0.0480. The Morgan fingerprint density at radius 2 is 2.33 bits per heavy atom. The molecule has 0 fully saturated rings. The fourth-order valence-electron chi connectivity index (χ4n) is 2.93. The molecule has 4 rings (SSSR count). The molecule has 0 spiro atoms. The van der Waals surface area contributed by atoms with Gasteiger partial charge in [0, 0.05) is 28.9 Å². The van der Waals surface area contributed by atoms with Crippen molar-refractivity contribution >= 4 is 28.6 Å². The number of hydrogen-bond donors (Lipinski definition) is 1. The third kappa shape index (κ3) is 2.84. The highest BCUT2D eigenvalue weighted by Crippen LogP contribution is 2.37. The minimum absolute atomic E-state index is 0.0480. The summed E-state index contributed by atoms with van der Waals surface area (Å²) in [6, 6.07) is 0. The Balaban J connectivity index is 1.53. The Bertz CT molecular complexity index is 867. The number of nitrogens with zero attached hydrogens (tertiary/aromatic N) is 5. The van der Waals surface area contributed by atoms with Crippen molar-refractivity contribution < 1.29 is 4.79 Å². The quantitative estimate of drug-likeness (QED) is 0.752. The van der Waals surface area contributed by atoms with Crippen LogP contribution in [0.1, 0.15) is 37.9 Å². The van der Waals surface area contributed by atoms with Crippen LogP contribution in [0.3, 0.4) is 0 Å². The van der Waals surface area contributed by atoms with Gasteiger partial charge in [-0.3, -0.25) is 4.79 Å². The topological polar surface area (TPSA) is 85.6 Å². The van der Waals surface area contributed by atoms with Gasteiger partial charge in [0.1, 0.15) is 11.3 Å². The van der Waals surface area contributed by atoms with Crippen LogP contribution in [-0.2, 0) is 19.3 Å². The minimum atomic E-state index is -0.0480. The fraction of sp³-hybridized carbons (Fsp3) is 0.400. The molecule has 0 aromatic carbocycles. The lowest BCUT2D eigenvalue weighted by Gasteiger charge is -2.07. The lowest BCUT2D eigenvalue weighted by molar-refractivity contribution is 0.0953. The molecule has 7 nitrogen and oxygen atoms in total. The molecule has 0 unspecified atom stereocenters. The monoisotopic (exact) mass is 360 g/mol. The minimum Gasteiger partial charge on any atom is -0.352 e. The maximum Gasteiger partial charge on any atom is 0.254 e. The Morgan fingerprint density at radius 1 is 1.42 bits per heavy atom. The standard InChI is InChI=1S/C15H16N6OS2/c1-9-7-23-12(18-9)5-6-16-14(22)13-10-3-2-4-11(10)24-15(13)21-8-17-19-20-21/h7-8H,2-6H2,1H3,(H,16,22). The van der Waals surface area contributed by atoms with Crippen LogP contribution < -0.4 is 5.32 Å². The molecule has 0 atom stereocenters. The SMILES string of the molecule is Cc1csc(CCNC(=O)c2c(-n3cnnn3)sc3c2CCC3)n1. The summed E-state index contributed by atoms with van der Waals surface area (Å²) in [5, 5.41) is 18.2. The predicted octanol–water partition coefficient (Wildman–Crippen LogP) is 1.95. The van der Waals surface area contributed by atoms with E-state index in [0.717, 1.165) is 52.5 Å². The van der Waals surface area contributed by atoms with E-state index in [4.69, 9.17) is 0 Å². The van der Waals surface area contributed by atoms with Gasteiger partial charge in [0.2, 0.25) is 0 Å². The van der Waals surface area contributed by atoms with E-state index in [0.29, 0.717) is 6.54 Å². The third-order valence-electron chi connectivity index (χ3n) is 3.98. The van der Waals surface area contributed by atoms with E-state index >= 15 is 0 Å². The second kappa shape index (κ2) is 6.40. The molecule has 1 aliphatic rings. The molecule has 3 heterocycles. The van der Waals surface area contributed by atoms with E-state index in [1.807, 2.05) is 12.3 Å². The van der Waals surface area contributed by atoms with Crippen LogP contribution >= 0.6 is 22.7 Å². The summed E-state index contributed by atoms with van der Waals surface area (Å²) in [4.78, 5) is 18.5. The van der Waals surface area contributed by atoms with Crippen molar-refractivity contribution in [1.29, 1.82) is 0 Å². The number of hydrogen-bond acceptors (Lipinski definition) is 7. The number of carbonyl (C=O) groups excluding carboxylic acids is 1. The van der Waals surface area contributed by atoms with Crippen LogP contribution in [0.4, 0.5) is 0 Å². The van der Waals surface area contributed by atoms with E-state index in [2.05, 4.69) is 25.8 Å². The molecule has 1 aliphatic carbocycles. The Kier molecular flexibility index (Phi) is 4.11. The Hall–Kier alpha value is -2.13. The van der Waals surface area contributed by atoms with Gasteiger partial charge in [0.05, 0.1) is 10.6 Å². The van der Waals surface area contributed by atoms with Gasteiger partial charge in [0.15, 0.2) is 0 Å². The smallest absolute Gasteiger partial charge is 0.254 e. The molecule has 3 aromatic rings. The number of fused-ring (bicyclic) bond motifs is 1. The zero-order valence-corrected chi connectivity index (χ0v) is 14.8. The van der Waals surface area contributed by atoms with E-state index in [1.54, 1.807) is 27.4 Å². The van der Waals surface area contributed by atoms with Crippen LogP contribution in [0.5, 0.6) is 0 Å². The van der Waals surface area contributed by atoms with Crippen LogP contribution in [0.2, 0.25) is 0 Å². The van der Waals surface area contributed by atoms with Gasteiger partial charge in [-0.15, -0.1) is 27.8 Å². The fourth-order valence-corrected chi connectivity index (χ4v) is 5.01. The number of tetrazole rings is 1. The summed E-state index contributed by atoms with van der Waals surface area (Å²) in [6.07, 6.45) is 5.37.